The van der Waals surface area contributed by atoms with Crippen molar-refractivity contribution >= 4 is 17.3 Å². The summed E-state index contributed by atoms with van der Waals surface area (Å²) in [6.45, 7) is 7.71. The lowest BCUT2D eigenvalue weighted by Crippen LogP contribution is -2.51. The third kappa shape index (κ3) is 2.84. The van der Waals surface area contributed by atoms with Crippen LogP contribution < -0.4 is 5.32 Å². The SMILES string of the molecule is CCCNC(=S)N1C(C)CCCC1C. The van der Waals surface area contributed by atoms with Gasteiger partial charge >= 0.3 is 0 Å². The summed E-state index contributed by atoms with van der Waals surface area (Å²) in [4.78, 5) is 2.37. The van der Waals surface area contributed by atoms with E-state index in [2.05, 4.69) is 31.0 Å². The van der Waals surface area contributed by atoms with Crippen LogP contribution in [0.1, 0.15) is 46.5 Å². The van der Waals surface area contributed by atoms with Gasteiger partial charge in [-0.25, -0.2) is 0 Å². The molecule has 1 aliphatic rings. The van der Waals surface area contributed by atoms with Crippen molar-refractivity contribution in [1.29, 1.82) is 0 Å². The molecule has 1 saturated heterocycles. The van der Waals surface area contributed by atoms with E-state index in [1.165, 1.54) is 19.3 Å². The number of piperidine rings is 1. The average Bonchev–Trinajstić information content (AvgIpc) is 2.14. The summed E-state index contributed by atoms with van der Waals surface area (Å²) in [5.41, 5.74) is 0. The van der Waals surface area contributed by atoms with E-state index in [1.54, 1.807) is 0 Å². The molecule has 3 heteroatoms. The summed E-state index contributed by atoms with van der Waals surface area (Å²) < 4.78 is 0. The minimum Gasteiger partial charge on any atom is -0.363 e. The Morgan fingerprint density at radius 1 is 1.36 bits per heavy atom. The van der Waals surface area contributed by atoms with Gasteiger partial charge in [-0.05, 0) is 51.7 Å². The van der Waals surface area contributed by atoms with Crippen LogP contribution in [0.4, 0.5) is 0 Å². The number of nitrogens with zero attached hydrogens (tertiary/aromatic N) is 1. The lowest BCUT2D eigenvalue weighted by Gasteiger charge is -2.40. The van der Waals surface area contributed by atoms with Gasteiger partial charge in [0.1, 0.15) is 0 Å². The van der Waals surface area contributed by atoms with Gasteiger partial charge in [0, 0.05) is 18.6 Å². The van der Waals surface area contributed by atoms with Gasteiger partial charge in [-0.1, -0.05) is 6.92 Å². The Hall–Kier alpha value is -0.310. The van der Waals surface area contributed by atoms with Gasteiger partial charge in [-0.15, -0.1) is 0 Å². The Kier molecular flexibility index (Phi) is 4.66. The van der Waals surface area contributed by atoms with E-state index < -0.39 is 0 Å². The van der Waals surface area contributed by atoms with E-state index in [4.69, 9.17) is 12.2 Å². The van der Waals surface area contributed by atoms with Crippen molar-refractivity contribution in [2.24, 2.45) is 0 Å². The average molecular weight is 214 g/mol. The molecule has 0 amide bonds. The van der Waals surface area contributed by atoms with Crippen molar-refractivity contribution in [2.45, 2.75) is 58.5 Å². The van der Waals surface area contributed by atoms with Crippen LogP contribution in [0, 0.1) is 0 Å². The second-order valence-electron chi connectivity index (χ2n) is 4.27. The first-order chi connectivity index (χ1) is 6.66. The summed E-state index contributed by atoms with van der Waals surface area (Å²) in [6, 6.07) is 1.21. The van der Waals surface area contributed by atoms with E-state index in [9.17, 15) is 0 Å². The Labute approximate surface area is 93.1 Å². The maximum atomic E-state index is 5.41. The smallest absolute Gasteiger partial charge is 0.169 e. The van der Waals surface area contributed by atoms with Crippen LogP contribution in [0.5, 0.6) is 0 Å². The van der Waals surface area contributed by atoms with Crippen molar-refractivity contribution < 1.29 is 0 Å². The van der Waals surface area contributed by atoms with Gasteiger partial charge in [0.15, 0.2) is 5.11 Å². The van der Waals surface area contributed by atoms with Crippen molar-refractivity contribution in [1.82, 2.24) is 10.2 Å². The Bertz CT molecular complexity index is 184. The molecule has 1 heterocycles. The molecule has 0 bridgehead atoms. The van der Waals surface area contributed by atoms with Gasteiger partial charge in [-0.2, -0.15) is 0 Å². The van der Waals surface area contributed by atoms with Gasteiger partial charge in [0.2, 0.25) is 0 Å². The van der Waals surface area contributed by atoms with Gasteiger partial charge in [0.05, 0.1) is 0 Å². The second-order valence-corrected chi connectivity index (χ2v) is 4.65. The molecule has 0 aromatic rings. The topological polar surface area (TPSA) is 15.3 Å². The quantitative estimate of drug-likeness (QED) is 0.711. The first-order valence-corrected chi connectivity index (χ1v) is 6.13. The lowest BCUT2D eigenvalue weighted by molar-refractivity contribution is 0.189. The van der Waals surface area contributed by atoms with E-state index in [-0.39, 0.29) is 0 Å². The molecule has 2 atom stereocenters. The van der Waals surface area contributed by atoms with Gasteiger partial charge in [-0.3, -0.25) is 0 Å². The molecular formula is C11H22N2S. The maximum Gasteiger partial charge on any atom is 0.169 e. The predicted octanol–water partition coefficient (Wildman–Crippen LogP) is 2.53. The first kappa shape index (κ1) is 11.8. The Morgan fingerprint density at radius 2 is 1.93 bits per heavy atom. The minimum atomic E-state index is 0.607. The van der Waals surface area contributed by atoms with Crippen molar-refractivity contribution in [3.05, 3.63) is 0 Å². The zero-order valence-corrected chi connectivity index (χ0v) is 10.4. The molecular weight excluding hydrogens is 192 g/mol. The maximum absolute atomic E-state index is 5.41. The monoisotopic (exact) mass is 214 g/mol. The predicted molar refractivity (Wildman–Crippen MR) is 65.5 cm³/mol. The lowest BCUT2D eigenvalue weighted by atomic mass is 9.98. The molecule has 2 unspecified atom stereocenters. The summed E-state index contributed by atoms with van der Waals surface area (Å²) in [7, 11) is 0. The van der Waals surface area contributed by atoms with Crippen LogP contribution in [-0.4, -0.2) is 28.6 Å². The first-order valence-electron chi connectivity index (χ1n) is 5.73. The molecule has 1 rings (SSSR count). The number of nitrogens with one attached hydrogen (secondary N) is 1. The van der Waals surface area contributed by atoms with Crippen LogP contribution in [0.15, 0.2) is 0 Å². The number of thiocarbonyl (C=S) groups is 1. The van der Waals surface area contributed by atoms with Crippen molar-refractivity contribution in [2.75, 3.05) is 6.54 Å². The van der Waals surface area contributed by atoms with E-state index >= 15 is 0 Å². The van der Waals surface area contributed by atoms with E-state index in [0.717, 1.165) is 18.1 Å². The molecule has 1 fully saturated rings. The van der Waals surface area contributed by atoms with Crippen LogP contribution in [0.25, 0.3) is 0 Å². The molecule has 0 spiro atoms. The Morgan fingerprint density at radius 3 is 2.43 bits per heavy atom. The molecule has 1 N–H and O–H groups in total. The van der Waals surface area contributed by atoms with Crippen molar-refractivity contribution in [3.63, 3.8) is 0 Å². The molecule has 0 saturated carbocycles. The number of hydrogen-bond donors (Lipinski definition) is 1. The number of hydrogen-bond acceptors (Lipinski definition) is 1. The molecule has 1 aliphatic heterocycles. The third-order valence-corrected chi connectivity index (χ3v) is 3.31. The molecule has 82 valence electrons. The molecule has 0 radical (unpaired) electrons. The fourth-order valence-electron chi connectivity index (χ4n) is 2.14. The zero-order chi connectivity index (χ0) is 10.6. The molecule has 14 heavy (non-hydrogen) atoms. The summed E-state index contributed by atoms with van der Waals surface area (Å²) in [5, 5.41) is 4.27. The summed E-state index contributed by atoms with van der Waals surface area (Å²) >= 11 is 5.41. The van der Waals surface area contributed by atoms with Crippen LogP contribution in [0.2, 0.25) is 0 Å². The molecule has 0 aliphatic carbocycles. The Balaban J connectivity index is 2.49. The molecule has 0 aromatic carbocycles. The standard InChI is InChI=1S/C11H22N2S/c1-4-8-12-11(14)13-9(2)6-5-7-10(13)3/h9-10H,4-8H2,1-3H3,(H,12,14). The normalized spacial score (nSPS) is 27.5. The van der Waals surface area contributed by atoms with Crippen molar-refractivity contribution in [3.8, 4) is 0 Å². The fourth-order valence-corrected chi connectivity index (χ4v) is 2.61. The summed E-state index contributed by atoms with van der Waals surface area (Å²) in [6.07, 6.45) is 5.03. The molecule has 2 nitrogen and oxygen atoms in total. The molecule has 0 aromatic heterocycles. The second kappa shape index (κ2) is 5.54. The highest BCUT2D eigenvalue weighted by Crippen LogP contribution is 2.22. The highest BCUT2D eigenvalue weighted by molar-refractivity contribution is 7.80. The third-order valence-electron chi connectivity index (χ3n) is 2.95. The van der Waals surface area contributed by atoms with Crippen LogP contribution in [0.3, 0.4) is 0 Å². The van der Waals surface area contributed by atoms with E-state index in [1.807, 2.05) is 0 Å². The largest absolute Gasteiger partial charge is 0.363 e. The number of likely N-dealkylation sites (tertiary alicyclic amines) is 1. The van der Waals surface area contributed by atoms with Crippen LogP contribution in [-0.2, 0) is 0 Å². The zero-order valence-electron chi connectivity index (χ0n) is 9.55. The van der Waals surface area contributed by atoms with Crippen LogP contribution >= 0.6 is 12.2 Å². The fraction of sp³-hybridized carbons (Fsp3) is 0.909. The minimum absolute atomic E-state index is 0.607. The van der Waals surface area contributed by atoms with Gasteiger partial charge < -0.3 is 10.2 Å². The summed E-state index contributed by atoms with van der Waals surface area (Å²) in [5.74, 6) is 0. The highest BCUT2D eigenvalue weighted by Gasteiger charge is 2.26. The van der Waals surface area contributed by atoms with E-state index in [0.29, 0.717) is 12.1 Å². The highest BCUT2D eigenvalue weighted by atomic mass is 32.1. The van der Waals surface area contributed by atoms with Gasteiger partial charge in [0.25, 0.3) is 0 Å². The number of rotatable bonds is 2.